The number of likely N-dealkylation sites (tertiary alicyclic amines) is 2. The van der Waals surface area contributed by atoms with Crippen molar-refractivity contribution in [3.63, 3.8) is 0 Å². The van der Waals surface area contributed by atoms with Gasteiger partial charge < -0.3 is 4.74 Å². The van der Waals surface area contributed by atoms with E-state index in [0.717, 1.165) is 6.54 Å². The van der Waals surface area contributed by atoms with Gasteiger partial charge in [-0.15, -0.1) is 0 Å². The summed E-state index contributed by atoms with van der Waals surface area (Å²) in [5, 5.41) is 0. The number of hydrogen-bond donors (Lipinski definition) is 0. The van der Waals surface area contributed by atoms with Crippen LogP contribution in [-0.4, -0.2) is 61.3 Å². The molecule has 1 unspecified atom stereocenters. The first kappa shape index (κ1) is 10.4. The molecule has 2 saturated heterocycles. The first-order valence-electron chi connectivity index (χ1n) is 5.55. The van der Waals surface area contributed by atoms with Crippen LogP contribution in [0, 0.1) is 0 Å². The fourth-order valence-electron chi connectivity index (χ4n) is 2.75. The number of likely N-dealkylation sites (N-methyl/N-ethyl adjacent to an activating group) is 1. The Morgan fingerprint density at radius 1 is 1.36 bits per heavy atom. The second kappa shape index (κ2) is 3.47. The third-order valence-corrected chi connectivity index (χ3v) is 3.95. The molecule has 2 aliphatic rings. The largest absolute Gasteiger partial charge is 0.380 e. The maximum absolute atomic E-state index is 5.45. The first-order chi connectivity index (χ1) is 6.57. The number of methoxy groups -OCH3 is 1. The minimum Gasteiger partial charge on any atom is -0.380 e. The van der Waals surface area contributed by atoms with E-state index in [2.05, 4.69) is 30.7 Å². The smallest absolute Gasteiger partial charge is 0.0716 e. The van der Waals surface area contributed by atoms with E-state index < -0.39 is 0 Å². The highest BCUT2D eigenvalue weighted by Gasteiger charge is 2.52. The summed E-state index contributed by atoms with van der Waals surface area (Å²) in [6, 6.07) is 0.690. The van der Waals surface area contributed by atoms with Gasteiger partial charge in [0.2, 0.25) is 0 Å². The summed E-state index contributed by atoms with van der Waals surface area (Å²) in [7, 11) is 4.06. The molecule has 1 atom stereocenters. The van der Waals surface area contributed by atoms with Gasteiger partial charge >= 0.3 is 0 Å². The summed E-state index contributed by atoms with van der Waals surface area (Å²) in [5.74, 6) is 0. The molecule has 2 heterocycles. The second-order valence-corrected chi connectivity index (χ2v) is 5.17. The molecule has 0 aliphatic carbocycles. The van der Waals surface area contributed by atoms with Crippen LogP contribution in [0.3, 0.4) is 0 Å². The quantitative estimate of drug-likeness (QED) is 0.653. The Morgan fingerprint density at radius 3 is 2.43 bits per heavy atom. The standard InChI is InChI=1S/C11H22N2O/c1-9(2)13-7-11(8-13)5-10(14-4)6-12(11)3/h9-10H,5-8H2,1-4H3. The van der Waals surface area contributed by atoms with E-state index in [1.165, 1.54) is 19.5 Å². The zero-order valence-electron chi connectivity index (χ0n) is 9.79. The summed E-state index contributed by atoms with van der Waals surface area (Å²) in [5.41, 5.74) is 0.435. The molecule has 0 radical (unpaired) electrons. The van der Waals surface area contributed by atoms with Crippen molar-refractivity contribution >= 4 is 0 Å². The molecule has 14 heavy (non-hydrogen) atoms. The number of hydrogen-bond acceptors (Lipinski definition) is 3. The molecule has 0 aromatic rings. The van der Waals surface area contributed by atoms with Crippen LogP contribution in [-0.2, 0) is 4.74 Å². The van der Waals surface area contributed by atoms with Crippen molar-refractivity contribution in [1.82, 2.24) is 9.80 Å². The highest BCUT2D eigenvalue weighted by molar-refractivity contribution is 5.09. The van der Waals surface area contributed by atoms with Crippen molar-refractivity contribution in [3.05, 3.63) is 0 Å². The van der Waals surface area contributed by atoms with Gasteiger partial charge in [0.05, 0.1) is 6.10 Å². The number of nitrogens with zero attached hydrogens (tertiary/aromatic N) is 2. The molecule has 0 amide bonds. The lowest BCUT2D eigenvalue weighted by atomic mass is 9.85. The lowest BCUT2D eigenvalue weighted by Gasteiger charge is -2.53. The monoisotopic (exact) mass is 198 g/mol. The molecular formula is C11H22N2O. The zero-order valence-corrected chi connectivity index (χ0v) is 9.79. The van der Waals surface area contributed by atoms with E-state index in [4.69, 9.17) is 4.74 Å². The normalized spacial score (nSPS) is 32.8. The first-order valence-corrected chi connectivity index (χ1v) is 5.55. The second-order valence-electron chi connectivity index (χ2n) is 5.17. The predicted octanol–water partition coefficient (Wildman–Crippen LogP) is 0.800. The molecule has 0 N–H and O–H groups in total. The van der Waals surface area contributed by atoms with Crippen molar-refractivity contribution in [2.45, 2.75) is 38.0 Å². The minimum absolute atomic E-state index is 0.435. The number of ether oxygens (including phenoxy) is 1. The summed E-state index contributed by atoms with van der Waals surface area (Å²) in [6.07, 6.45) is 1.66. The molecule has 2 fully saturated rings. The lowest BCUT2D eigenvalue weighted by molar-refractivity contribution is -0.0361. The van der Waals surface area contributed by atoms with E-state index in [0.29, 0.717) is 17.7 Å². The van der Waals surface area contributed by atoms with Gasteiger partial charge in [-0.3, -0.25) is 9.80 Å². The van der Waals surface area contributed by atoms with Gasteiger partial charge in [0.15, 0.2) is 0 Å². The van der Waals surface area contributed by atoms with Gasteiger partial charge in [0.1, 0.15) is 0 Å². The van der Waals surface area contributed by atoms with Crippen LogP contribution in [0.2, 0.25) is 0 Å². The molecule has 0 aromatic carbocycles. The molecule has 2 aliphatic heterocycles. The topological polar surface area (TPSA) is 15.7 Å². The van der Waals surface area contributed by atoms with Gasteiger partial charge in [-0.2, -0.15) is 0 Å². The van der Waals surface area contributed by atoms with Crippen molar-refractivity contribution in [2.24, 2.45) is 0 Å². The molecule has 0 aromatic heterocycles. The summed E-state index contributed by atoms with van der Waals surface area (Å²) < 4.78 is 5.45. The van der Waals surface area contributed by atoms with Gasteiger partial charge in [-0.1, -0.05) is 0 Å². The predicted molar refractivity (Wildman–Crippen MR) is 57.5 cm³/mol. The summed E-state index contributed by atoms with van der Waals surface area (Å²) in [6.45, 7) is 8.09. The van der Waals surface area contributed by atoms with Crippen LogP contribution in [0.1, 0.15) is 20.3 Å². The van der Waals surface area contributed by atoms with Crippen molar-refractivity contribution in [2.75, 3.05) is 33.8 Å². The van der Waals surface area contributed by atoms with Crippen LogP contribution in [0.5, 0.6) is 0 Å². The highest BCUT2D eigenvalue weighted by Crippen LogP contribution is 2.38. The van der Waals surface area contributed by atoms with E-state index >= 15 is 0 Å². The molecule has 1 spiro atoms. The average molecular weight is 198 g/mol. The van der Waals surface area contributed by atoms with Gasteiger partial charge in [-0.25, -0.2) is 0 Å². The maximum Gasteiger partial charge on any atom is 0.0716 e. The highest BCUT2D eigenvalue weighted by atomic mass is 16.5. The Kier molecular flexibility index (Phi) is 2.58. The van der Waals surface area contributed by atoms with E-state index in [1.807, 2.05) is 7.11 Å². The fraction of sp³-hybridized carbons (Fsp3) is 1.00. The zero-order chi connectivity index (χ0) is 10.3. The van der Waals surface area contributed by atoms with Crippen molar-refractivity contribution in [1.29, 1.82) is 0 Å². The molecule has 3 heteroatoms. The van der Waals surface area contributed by atoms with Gasteiger partial charge in [0.25, 0.3) is 0 Å². The molecule has 2 rings (SSSR count). The molecule has 0 bridgehead atoms. The van der Waals surface area contributed by atoms with Crippen molar-refractivity contribution < 1.29 is 4.74 Å². The van der Waals surface area contributed by atoms with Crippen LogP contribution < -0.4 is 0 Å². The Bertz CT molecular complexity index is 211. The summed E-state index contributed by atoms with van der Waals surface area (Å²) >= 11 is 0. The van der Waals surface area contributed by atoms with Crippen LogP contribution >= 0.6 is 0 Å². The Hall–Kier alpha value is -0.120. The number of rotatable bonds is 2. The van der Waals surface area contributed by atoms with Crippen LogP contribution in [0.25, 0.3) is 0 Å². The fourth-order valence-corrected chi connectivity index (χ4v) is 2.75. The SMILES string of the molecule is COC1CN(C)C2(C1)CN(C(C)C)C2. The van der Waals surface area contributed by atoms with Crippen LogP contribution in [0.4, 0.5) is 0 Å². The maximum atomic E-state index is 5.45. The Balaban J connectivity index is 1.94. The van der Waals surface area contributed by atoms with Crippen LogP contribution in [0.15, 0.2) is 0 Å². The lowest BCUT2D eigenvalue weighted by Crippen LogP contribution is -2.68. The third kappa shape index (κ3) is 1.47. The molecule has 0 saturated carbocycles. The average Bonchev–Trinajstić information content (AvgIpc) is 2.39. The summed E-state index contributed by atoms with van der Waals surface area (Å²) in [4.78, 5) is 5.02. The molecular weight excluding hydrogens is 176 g/mol. The van der Waals surface area contributed by atoms with Gasteiger partial charge in [0, 0.05) is 38.3 Å². The third-order valence-electron chi connectivity index (χ3n) is 3.95. The van der Waals surface area contributed by atoms with E-state index in [1.54, 1.807) is 0 Å². The van der Waals surface area contributed by atoms with Crippen molar-refractivity contribution in [3.8, 4) is 0 Å². The Morgan fingerprint density at radius 2 is 2.00 bits per heavy atom. The van der Waals surface area contributed by atoms with E-state index in [-0.39, 0.29) is 0 Å². The van der Waals surface area contributed by atoms with E-state index in [9.17, 15) is 0 Å². The minimum atomic E-state index is 0.435. The Labute approximate surface area is 87.0 Å². The molecule has 3 nitrogen and oxygen atoms in total. The van der Waals surface area contributed by atoms with Gasteiger partial charge in [-0.05, 0) is 27.3 Å². The molecule has 82 valence electrons.